The summed E-state index contributed by atoms with van der Waals surface area (Å²) in [5.74, 6) is 0. The van der Waals surface area contributed by atoms with E-state index in [4.69, 9.17) is 0 Å². The van der Waals surface area contributed by atoms with E-state index in [-0.39, 0.29) is 0 Å². The maximum absolute atomic E-state index is 3.86. The molecule has 0 spiro atoms. The molecule has 25 heavy (non-hydrogen) atoms. The van der Waals surface area contributed by atoms with E-state index < -0.39 is 0 Å². The topological polar surface area (TPSA) is 24.1 Å². The molecule has 0 radical (unpaired) electrons. The molecule has 3 heteroatoms. The van der Waals surface area contributed by atoms with Crippen molar-refractivity contribution in [2.45, 2.75) is 60.5 Å². The van der Waals surface area contributed by atoms with Crippen LogP contribution in [0.1, 0.15) is 36.8 Å². The van der Waals surface area contributed by atoms with Gasteiger partial charge in [-0.1, -0.05) is 0 Å². The van der Waals surface area contributed by atoms with Gasteiger partial charge in [-0.05, 0) is 0 Å². The third-order valence-electron chi connectivity index (χ3n) is 5.59. The Morgan fingerprint density at radius 3 is 1.52 bits per heavy atom. The first kappa shape index (κ1) is 17.3. The molecule has 2 aliphatic heterocycles. The molecule has 4 atom stereocenters. The van der Waals surface area contributed by atoms with Crippen molar-refractivity contribution in [2.75, 3.05) is 0 Å². The molecule has 2 bridgehead atoms. The molecule has 2 N–H and O–H groups in total. The number of hydrogen-bond acceptors (Lipinski definition) is 2. The van der Waals surface area contributed by atoms with Crippen LogP contribution in [0, 0.1) is 0 Å². The summed E-state index contributed by atoms with van der Waals surface area (Å²) in [7, 11) is 0. The quantitative estimate of drug-likeness (QED) is 0.713. The van der Waals surface area contributed by atoms with Gasteiger partial charge in [0.05, 0.1) is 0 Å². The fraction of sp³-hybridized carbons (Fsp3) is 0.455. The molecule has 0 aromatic heterocycles. The molecule has 2 saturated heterocycles. The molecule has 2 nitrogen and oxygen atoms in total. The summed E-state index contributed by atoms with van der Waals surface area (Å²) in [6.07, 6.45) is 5.51. The van der Waals surface area contributed by atoms with Gasteiger partial charge in [-0.2, -0.15) is 0 Å². The van der Waals surface area contributed by atoms with Crippen LogP contribution in [-0.2, 0) is 13.1 Å². The summed E-state index contributed by atoms with van der Waals surface area (Å²) in [5, 5.41) is 7.72. The van der Waals surface area contributed by atoms with Gasteiger partial charge in [0.2, 0.25) is 0 Å². The van der Waals surface area contributed by atoms with E-state index in [0.717, 1.165) is 49.8 Å². The third-order valence-corrected chi connectivity index (χ3v) is 9.43. The van der Waals surface area contributed by atoms with Crippen LogP contribution in [0.5, 0.6) is 0 Å². The standard InChI is InChI=1S/C22H28N2Se/c1-3-7-17(8-4-1)15-23-19-11-13-22-20(12-14-21(19)25-22)24-16-18-9-5-2-6-10-18/h1-10,19-24H,11-16H2/t19-,20-,21-,22-/m1/s1. The van der Waals surface area contributed by atoms with E-state index >= 15 is 0 Å². The molecular formula is C22H28N2Se. The number of fused-ring (bicyclic) bond motifs is 2. The second kappa shape index (κ2) is 8.51. The number of hydrogen-bond donors (Lipinski definition) is 2. The van der Waals surface area contributed by atoms with Crippen LogP contribution >= 0.6 is 0 Å². The van der Waals surface area contributed by atoms with Gasteiger partial charge < -0.3 is 0 Å². The van der Waals surface area contributed by atoms with Gasteiger partial charge in [-0.25, -0.2) is 0 Å². The first-order valence-electron chi connectivity index (χ1n) is 9.58. The average molecular weight is 399 g/mol. The van der Waals surface area contributed by atoms with Crippen LogP contribution in [0.3, 0.4) is 0 Å². The maximum atomic E-state index is 3.86. The number of benzene rings is 2. The van der Waals surface area contributed by atoms with Crippen molar-refractivity contribution in [3.05, 3.63) is 71.8 Å². The molecule has 2 aromatic carbocycles. The molecule has 132 valence electrons. The fourth-order valence-corrected chi connectivity index (χ4v) is 8.02. The Kier molecular flexibility index (Phi) is 5.89. The van der Waals surface area contributed by atoms with Gasteiger partial charge in [-0.15, -0.1) is 0 Å². The van der Waals surface area contributed by atoms with Crippen molar-refractivity contribution >= 4 is 15.0 Å². The van der Waals surface area contributed by atoms with E-state index in [1.807, 2.05) is 0 Å². The molecule has 2 fully saturated rings. The second-order valence-corrected chi connectivity index (χ2v) is 10.4. The van der Waals surface area contributed by atoms with Gasteiger partial charge in [0, 0.05) is 0 Å². The molecule has 0 aliphatic carbocycles. The van der Waals surface area contributed by atoms with Crippen LogP contribution in [0.2, 0.25) is 9.63 Å². The van der Waals surface area contributed by atoms with Gasteiger partial charge in [-0.3, -0.25) is 0 Å². The first-order chi connectivity index (χ1) is 12.4. The van der Waals surface area contributed by atoms with E-state index in [9.17, 15) is 0 Å². The Bertz CT molecular complexity index is 588. The number of rotatable bonds is 6. The average Bonchev–Trinajstić information content (AvgIpc) is 2.68. The van der Waals surface area contributed by atoms with Gasteiger partial charge in [0.25, 0.3) is 0 Å². The Balaban J connectivity index is 1.26. The molecule has 4 rings (SSSR count). The van der Waals surface area contributed by atoms with Crippen molar-refractivity contribution in [1.82, 2.24) is 10.6 Å². The second-order valence-electron chi connectivity index (χ2n) is 7.31. The van der Waals surface area contributed by atoms with Crippen LogP contribution in [0.15, 0.2) is 60.7 Å². The zero-order valence-corrected chi connectivity index (χ0v) is 16.4. The van der Waals surface area contributed by atoms with Crippen LogP contribution in [0.4, 0.5) is 0 Å². The summed E-state index contributed by atoms with van der Waals surface area (Å²) in [4.78, 5) is 1.87. The van der Waals surface area contributed by atoms with Crippen LogP contribution in [0.25, 0.3) is 0 Å². The van der Waals surface area contributed by atoms with Gasteiger partial charge in [0.1, 0.15) is 0 Å². The van der Waals surface area contributed by atoms with Gasteiger partial charge >= 0.3 is 158 Å². The Hall–Kier alpha value is -1.12. The summed E-state index contributed by atoms with van der Waals surface area (Å²) >= 11 is 0.777. The zero-order chi connectivity index (χ0) is 16.9. The predicted octanol–water partition coefficient (Wildman–Crippen LogP) is 4.17. The summed E-state index contributed by atoms with van der Waals surface area (Å²) in [6.45, 7) is 2.05. The van der Waals surface area contributed by atoms with Crippen molar-refractivity contribution in [3.8, 4) is 0 Å². The third kappa shape index (κ3) is 4.54. The Labute approximate surface area is 158 Å². The van der Waals surface area contributed by atoms with E-state index in [1.54, 1.807) is 0 Å². The van der Waals surface area contributed by atoms with E-state index in [1.165, 1.54) is 36.8 Å². The van der Waals surface area contributed by atoms with E-state index in [2.05, 4.69) is 71.3 Å². The normalized spacial score (nSPS) is 28.6. The van der Waals surface area contributed by atoms with Crippen molar-refractivity contribution in [2.24, 2.45) is 0 Å². The predicted molar refractivity (Wildman–Crippen MR) is 106 cm³/mol. The van der Waals surface area contributed by atoms with Crippen LogP contribution in [-0.4, -0.2) is 27.0 Å². The van der Waals surface area contributed by atoms with Crippen LogP contribution < -0.4 is 10.6 Å². The number of nitrogens with one attached hydrogen (secondary N) is 2. The molecule has 0 saturated carbocycles. The van der Waals surface area contributed by atoms with E-state index in [0.29, 0.717) is 0 Å². The molecule has 2 heterocycles. The minimum absolute atomic E-state index is 0.742. The molecule has 2 aromatic rings. The molecular weight excluding hydrogens is 371 g/mol. The monoisotopic (exact) mass is 400 g/mol. The first-order valence-corrected chi connectivity index (χ1v) is 11.6. The molecule has 0 amide bonds. The summed E-state index contributed by atoms with van der Waals surface area (Å²) < 4.78 is 0. The summed E-state index contributed by atoms with van der Waals surface area (Å²) in [6, 6.07) is 23.2. The fourth-order valence-electron chi connectivity index (χ4n) is 4.17. The van der Waals surface area contributed by atoms with Crippen molar-refractivity contribution in [3.63, 3.8) is 0 Å². The molecule has 2 aliphatic rings. The SMILES string of the molecule is c1ccc(CN[C@@H]2CC[C@H]3[Se][C@@H]2CC[C@H]3NCc2ccccc2)cc1. The minimum atomic E-state index is 0.742. The van der Waals surface area contributed by atoms with Crippen molar-refractivity contribution in [1.29, 1.82) is 0 Å². The zero-order valence-electron chi connectivity index (χ0n) is 14.7. The Morgan fingerprint density at radius 2 is 1.08 bits per heavy atom. The Morgan fingerprint density at radius 1 is 0.640 bits per heavy atom. The van der Waals surface area contributed by atoms with Gasteiger partial charge in [0.15, 0.2) is 0 Å². The molecule has 0 unspecified atom stereocenters. The van der Waals surface area contributed by atoms with Crippen molar-refractivity contribution < 1.29 is 0 Å². The summed E-state index contributed by atoms with van der Waals surface area (Å²) in [5.41, 5.74) is 2.82.